The number of hydrogen-bond donors (Lipinski definition) is 1. The number of nitrogens with zero attached hydrogens (tertiary/aromatic N) is 1. The minimum atomic E-state index is 0.418. The molecule has 1 N–H and O–H groups in total. The highest BCUT2D eigenvalue weighted by Crippen LogP contribution is 2.55. The van der Waals surface area contributed by atoms with Gasteiger partial charge in [-0.15, -0.1) is 0 Å². The Morgan fingerprint density at radius 2 is 2.05 bits per heavy atom. The van der Waals surface area contributed by atoms with Crippen LogP contribution >= 0.6 is 0 Å². The van der Waals surface area contributed by atoms with Crippen molar-refractivity contribution in [3.63, 3.8) is 0 Å². The number of pyridine rings is 1. The minimum absolute atomic E-state index is 0.418. The fraction of sp³-hybridized carbons (Fsp3) is 0.471. The van der Waals surface area contributed by atoms with Gasteiger partial charge in [0.1, 0.15) is 0 Å². The first-order valence-electron chi connectivity index (χ1n) is 7.31. The average molecular weight is 254 g/mol. The maximum absolute atomic E-state index is 4.61. The third-order valence-corrected chi connectivity index (χ3v) is 4.31. The van der Waals surface area contributed by atoms with Crippen LogP contribution in [0.4, 0.5) is 0 Å². The van der Waals surface area contributed by atoms with E-state index >= 15 is 0 Å². The van der Waals surface area contributed by atoms with E-state index in [1.165, 1.54) is 30.2 Å². The van der Waals surface area contributed by atoms with Crippen LogP contribution in [0.5, 0.6) is 0 Å². The molecule has 1 aromatic heterocycles. The molecule has 0 bridgehead atoms. The molecular weight excluding hydrogens is 232 g/mol. The van der Waals surface area contributed by atoms with Gasteiger partial charge in [0.05, 0.1) is 5.52 Å². The fourth-order valence-electron chi connectivity index (χ4n) is 2.87. The number of para-hydroxylation sites is 1. The molecule has 1 heterocycles. The van der Waals surface area contributed by atoms with Crippen LogP contribution in [-0.4, -0.2) is 11.5 Å². The summed E-state index contributed by atoms with van der Waals surface area (Å²) in [7, 11) is 0. The average Bonchev–Trinajstić information content (AvgIpc) is 3.18. The quantitative estimate of drug-likeness (QED) is 0.869. The highest BCUT2D eigenvalue weighted by atomic mass is 14.9. The van der Waals surface area contributed by atoms with Gasteiger partial charge in [-0.2, -0.15) is 0 Å². The van der Waals surface area contributed by atoms with Crippen LogP contribution < -0.4 is 5.32 Å². The Morgan fingerprint density at radius 3 is 2.79 bits per heavy atom. The standard InChI is InChI=1S/C17H22N2/c1-3-11-19-16(17(2)9-10-17)14-8-4-6-13-7-5-12-18-15(13)14/h4-8,12,16,19H,3,9-11H2,1-2H3. The second kappa shape index (κ2) is 4.93. The predicted octanol–water partition coefficient (Wildman–Crippen LogP) is 4.08. The van der Waals surface area contributed by atoms with E-state index in [4.69, 9.17) is 0 Å². The van der Waals surface area contributed by atoms with Crippen molar-refractivity contribution in [3.8, 4) is 0 Å². The zero-order chi connectivity index (χ0) is 13.3. The van der Waals surface area contributed by atoms with Crippen molar-refractivity contribution in [3.05, 3.63) is 42.1 Å². The summed E-state index contributed by atoms with van der Waals surface area (Å²) in [5.74, 6) is 0. The molecule has 2 aromatic rings. The largest absolute Gasteiger partial charge is 0.309 e. The number of fused-ring (bicyclic) bond motifs is 1. The predicted molar refractivity (Wildman–Crippen MR) is 80.1 cm³/mol. The van der Waals surface area contributed by atoms with Gasteiger partial charge in [-0.25, -0.2) is 0 Å². The van der Waals surface area contributed by atoms with Gasteiger partial charge < -0.3 is 5.32 Å². The summed E-state index contributed by atoms with van der Waals surface area (Å²) in [6.07, 6.45) is 5.71. The number of rotatable bonds is 5. The summed E-state index contributed by atoms with van der Waals surface area (Å²) in [4.78, 5) is 4.61. The van der Waals surface area contributed by atoms with Crippen LogP contribution in [0.3, 0.4) is 0 Å². The monoisotopic (exact) mass is 254 g/mol. The molecule has 2 heteroatoms. The number of aromatic nitrogens is 1. The first-order valence-corrected chi connectivity index (χ1v) is 7.31. The molecule has 1 aromatic carbocycles. The van der Waals surface area contributed by atoms with Gasteiger partial charge in [-0.3, -0.25) is 4.98 Å². The Balaban J connectivity index is 2.04. The Kier molecular flexibility index (Phi) is 3.28. The smallest absolute Gasteiger partial charge is 0.0749 e. The summed E-state index contributed by atoms with van der Waals surface area (Å²) in [6, 6.07) is 11.2. The molecule has 19 heavy (non-hydrogen) atoms. The third kappa shape index (κ3) is 2.37. The zero-order valence-electron chi connectivity index (χ0n) is 11.8. The SMILES string of the molecule is CCCNC(c1cccc2cccnc12)C1(C)CC1. The van der Waals surface area contributed by atoms with Crippen molar-refractivity contribution >= 4 is 10.9 Å². The molecule has 0 spiro atoms. The van der Waals surface area contributed by atoms with Crippen molar-refractivity contribution in [1.82, 2.24) is 10.3 Å². The fourth-order valence-corrected chi connectivity index (χ4v) is 2.87. The Morgan fingerprint density at radius 1 is 1.26 bits per heavy atom. The highest BCUT2D eigenvalue weighted by Gasteiger charge is 2.45. The lowest BCUT2D eigenvalue weighted by Crippen LogP contribution is -2.29. The number of nitrogens with one attached hydrogen (secondary N) is 1. The minimum Gasteiger partial charge on any atom is -0.309 e. The lowest BCUT2D eigenvalue weighted by atomic mass is 9.90. The lowest BCUT2D eigenvalue weighted by molar-refractivity contribution is 0.368. The molecule has 2 nitrogen and oxygen atoms in total. The van der Waals surface area contributed by atoms with Crippen LogP contribution in [0, 0.1) is 5.41 Å². The van der Waals surface area contributed by atoms with Crippen molar-refractivity contribution in [2.24, 2.45) is 5.41 Å². The van der Waals surface area contributed by atoms with Crippen LogP contribution in [0.15, 0.2) is 36.5 Å². The summed E-state index contributed by atoms with van der Waals surface area (Å²) in [6.45, 7) is 5.69. The molecule has 1 aliphatic rings. The molecule has 0 aliphatic heterocycles. The molecule has 0 amide bonds. The topological polar surface area (TPSA) is 24.9 Å². The summed E-state index contributed by atoms with van der Waals surface area (Å²) < 4.78 is 0. The van der Waals surface area contributed by atoms with Crippen molar-refractivity contribution in [1.29, 1.82) is 0 Å². The van der Waals surface area contributed by atoms with E-state index in [0.29, 0.717) is 11.5 Å². The van der Waals surface area contributed by atoms with Gasteiger partial charge >= 0.3 is 0 Å². The summed E-state index contributed by atoms with van der Waals surface area (Å²) >= 11 is 0. The van der Waals surface area contributed by atoms with E-state index in [9.17, 15) is 0 Å². The lowest BCUT2D eigenvalue weighted by Gasteiger charge is -2.26. The van der Waals surface area contributed by atoms with Crippen molar-refractivity contribution in [2.45, 2.75) is 39.2 Å². The zero-order valence-corrected chi connectivity index (χ0v) is 11.8. The molecule has 3 rings (SSSR count). The molecule has 1 unspecified atom stereocenters. The molecular formula is C17H22N2. The maximum atomic E-state index is 4.61. The third-order valence-electron chi connectivity index (χ3n) is 4.31. The summed E-state index contributed by atoms with van der Waals surface area (Å²) in [5.41, 5.74) is 2.94. The number of hydrogen-bond acceptors (Lipinski definition) is 2. The van der Waals surface area contributed by atoms with E-state index < -0.39 is 0 Å². The van der Waals surface area contributed by atoms with Gasteiger partial charge in [0.25, 0.3) is 0 Å². The van der Waals surface area contributed by atoms with E-state index in [2.05, 4.69) is 48.4 Å². The number of benzene rings is 1. The molecule has 0 saturated heterocycles. The van der Waals surface area contributed by atoms with E-state index in [1.54, 1.807) is 0 Å². The van der Waals surface area contributed by atoms with E-state index in [0.717, 1.165) is 12.1 Å². The second-order valence-electron chi connectivity index (χ2n) is 5.96. The van der Waals surface area contributed by atoms with Gasteiger partial charge in [-0.05, 0) is 42.9 Å². The molecule has 1 aliphatic carbocycles. The van der Waals surface area contributed by atoms with Gasteiger partial charge in [-0.1, -0.05) is 38.1 Å². The molecule has 100 valence electrons. The normalized spacial score (nSPS) is 18.4. The summed E-state index contributed by atoms with van der Waals surface area (Å²) in [5, 5.41) is 4.98. The van der Waals surface area contributed by atoms with Crippen LogP contribution in [-0.2, 0) is 0 Å². The first kappa shape index (κ1) is 12.6. The Hall–Kier alpha value is -1.41. The maximum Gasteiger partial charge on any atom is 0.0749 e. The molecule has 1 fully saturated rings. The van der Waals surface area contributed by atoms with Crippen molar-refractivity contribution in [2.75, 3.05) is 6.54 Å². The van der Waals surface area contributed by atoms with Gasteiger partial charge in [0.15, 0.2) is 0 Å². The first-order chi connectivity index (χ1) is 9.24. The highest BCUT2D eigenvalue weighted by molar-refractivity contribution is 5.82. The van der Waals surface area contributed by atoms with Crippen LogP contribution in [0.2, 0.25) is 0 Å². The second-order valence-corrected chi connectivity index (χ2v) is 5.96. The van der Waals surface area contributed by atoms with E-state index in [1.807, 2.05) is 12.3 Å². The van der Waals surface area contributed by atoms with Crippen LogP contribution in [0.25, 0.3) is 10.9 Å². The van der Waals surface area contributed by atoms with Crippen molar-refractivity contribution < 1.29 is 0 Å². The van der Waals surface area contributed by atoms with E-state index in [-0.39, 0.29) is 0 Å². The molecule has 1 atom stereocenters. The Labute approximate surface area is 115 Å². The Bertz CT molecular complexity index is 567. The molecule has 0 radical (unpaired) electrons. The van der Waals surface area contributed by atoms with Gasteiger partial charge in [0, 0.05) is 17.6 Å². The van der Waals surface area contributed by atoms with Crippen LogP contribution in [0.1, 0.15) is 44.7 Å². The molecule has 1 saturated carbocycles. The van der Waals surface area contributed by atoms with Gasteiger partial charge in [0.2, 0.25) is 0 Å².